The zero-order valence-electron chi connectivity index (χ0n) is 11.7. The zero-order valence-corrected chi connectivity index (χ0v) is 11.7. The maximum atomic E-state index is 11.4. The first-order valence-corrected chi connectivity index (χ1v) is 7.09. The highest BCUT2D eigenvalue weighted by Crippen LogP contribution is 2.44. The van der Waals surface area contributed by atoms with Crippen molar-refractivity contribution in [1.82, 2.24) is 0 Å². The highest BCUT2D eigenvalue weighted by atomic mass is 16.5. The van der Waals surface area contributed by atoms with Gasteiger partial charge < -0.3 is 14.6 Å². The highest BCUT2D eigenvalue weighted by molar-refractivity contribution is 5.82. The van der Waals surface area contributed by atoms with Crippen molar-refractivity contribution in [3.8, 4) is 5.75 Å². The van der Waals surface area contributed by atoms with E-state index in [0.717, 1.165) is 43.8 Å². The number of carbonyl (C=O) groups is 1. The van der Waals surface area contributed by atoms with E-state index in [1.807, 2.05) is 24.3 Å². The Morgan fingerprint density at radius 2 is 1.95 bits per heavy atom. The van der Waals surface area contributed by atoms with E-state index in [0.29, 0.717) is 6.61 Å². The average Bonchev–Trinajstić information content (AvgIpc) is 2.34. The summed E-state index contributed by atoms with van der Waals surface area (Å²) in [7, 11) is 0. The van der Waals surface area contributed by atoms with Crippen LogP contribution in [-0.4, -0.2) is 30.9 Å². The van der Waals surface area contributed by atoms with Crippen LogP contribution in [0.4, 0.5) is 0 Å². The Morgan fingerprint density at radius 1 is 1.30 bits per heavy atom. The summed E-state index contributed by atoms with van der Waals surface area (Å²) in [4.78, 5) is 11.4. The molecule has 0 aromatic heterocycles. The molecule has 4 heteroatoms. The number of aliphatic carboxylic acids is 1. The number of hydrogen-bond acceptors (Lipinski definition) is 3. The Hall–Kier alpha value is -1.55. The molecular weight excluding hydrogens is 256 g/mol. The van der Waals surface area contributed by atoms with Crippen molar-refractivity contribution in [2.24, 2.45) is 5.41 Å². The molecule has 1 heterocycles. The van der Waals surface area contributed by atoms with E-state index in [1.54, 1.807) is 0 Å². The van der Waals surface area contributed by atoms with Gasteiger partial charge in [-0.05, 0) is 30.5 Å². The summed E-state index contributed by atoms with van der Waals surface area (Å²) in [5.74, 6) is 0.0817. The lowest BCUT2D eigenvalue weighted by atomic mass is 9.64. The number of carboxylic acid groups (broad SMARTS) is 1. The number of benzene rings is 1. The summed E-state index contributed by atoms with van der Waals surface area (Å²) < 4.78 is 11.0. The Balaban J connectivity index is 1.67. The fourth-order valence-electron chi connectivity index (χ4n) is 2.82. The average molecular weight is 276 g/mol. The van der Waals surface area contributed by atoms with Crippen molar-refractivity contribution in [2.75, 3.05) is 19.8 Å². The van der Waals surface area contributed by atoms with Gasteiger partial charge in [0.05, 0.1) is 25.2 Å². The van der Waals surface area contributed by atoms with E-state index in [1.165, 1.54) is 0 Å². The second kappa shape index (κ2) is 4.77. The standard InChI is InChI=1S/C16H20O4/c1-15(9-19-10-15)11-20-13-5-3-12(4-6-13)16(14(17)18)7-2-8-16/h3-6H,2,7-11H2,1H3,(H,17,18). The highest BCUT2D eigenvalue weighted by Gasteiger charge is 2.45. The summed E-state index contributed by atoms with van der Waals surface area (Å²) in [6.45, 7) is 4.26. The Labute approximate surface area is 118 Å². The minimum absolute atomic E-state index is 0.120. The van der Waals surface area contributed by atoms with Gasteiger partial charge in [-0.3, -0.25) is 4.79 Å². The van der Waals surface area contributed by atoms with E-state index in [9.17, 15) is 9.90 Å². The van der Waals surface area contributed by atoms with Gasteiger partial charge in [-0.25, -0.2) is 0 Å². The molecule has 0 unspecified atom stereocenters. The largest absolute Gasteiger partial charge is 0.493 e. The van der Waals surface area contributed by atoms with Gasteiger partial charge in [0.2, 0.25) is 0 Å². The van der Waals surface area contributed by atoms with E-state index < -0.39 is 11.4 Å². The molecule has 1 aliphatic heterocycles. The molecule has 20 heavy (non-hydrogen) atoms. The van der Waals surface area contributed by atoms with Crippen LogP contribution in [0, 0.1) is 5.41 Å². The Morgan fingerprint density at radius 3 is 2.35 bits per heavy atom. The van der Waals surface area contributed by atoms with Crippen LogP contribution in [0.25, 0.3) is 0 Å². The van der Waals surface area contributed by atoms with Gasteiger partial charge in [-0.1, -0.05) is 25.5 Å². The van der Waals surface area contributed by atoms with Crippen molar-refractivity contribution in [3.63, 3.8) is 0 Å². The van der Waals surface area contributed by atoms with Crippen LogP contribution < -0.4 is 4.74 Å². The molecule has 2 fully saturated rings. The summed E-state index contributed by atoms with van der Waals surface area (Å²) >= 11 is 0. The molecule has 1 aliphatic carbocycles. The summed E-state index contributed by atoms with van der Waals surface area (Å²) in [6.07, 6.45) is 2.46. The molecule has 0 atom stereocenters. The predicted molar refractivity (Wildman–Crippen MR) is 74.0 cm³/mol. The summed E-state index contributed by atoms with van der Waals surface area (Å²) in [5.41, 5.74) is 0.350. The molecular formula is C16H20O4. The SMILES string of the molecule is CC1(COc2ccc(C3(C(=O)O)CCC3)cc2)COC1. The van der Waals surface area contributed by atoms with Crippen LogP contribution in [-0.2, 0) is 14.9 Å². The molecule has 0 radical (unpaired) electrons. The molecule has 0 amide bonds. The Kier molecular flexibility index (Phi) is 3.21. The third kappa shape index (κ3) is 2.18. The number of hydrogen-bond donors (Lipinski definition) is 1. The van der Waals surface area contributed by atoms with Gasteiger partial charge in [-0.2, -0.15) is 0 Å². The minimum atomic E-state index is -0.712. The first-order chi connectivity index (χ1) is 9.54. The smallest absolute Gasteiger partial charge is 0.314 e. The Bertz CT molecular complexity index is 498. The molecule has 1 saturated carbocycles. The fraction of sp³-hybridized carbons (Fsp3) is 0.562. The molecule has 4 nitrogen and oxygen atoms in total. The van der Waals surface area contributed by atoms with Gasteiger partial charge >= 0.3 is 5.97 Å². The van der Waals surface area contributed by atoms with Gasteiger partial charge in [0.25, 0.3) is 0 Å². The molecule has 108 valence electrons. The molecule has 1 aromatic carbocycles. The lowest BCUT2D eigenvalue weighted by Gasteiger charge is -2.38. The third-order valence-electron chi connectivity index (χ3n) is 4.51. The maximum Gasteiger partial charge on any atom is 0.314 e. The molecule has 0 spiro atoms. The lowest BCUT2D eigenvalue weighted by Crippen LogP contribution is -2.44. The second-order valence-corrected chi connectivity index (χ2v) is 6.36. The topological polar surface area (TPSA) is 55.8 Å². The molecule has 1 saturated heterocycles. The molecule has 3 rings (SSSR count). The van der Waals surface area contributed by atoms with Gasteiger partial charge in [0.15, 0.2) is 0 Å². The van der Waals surface area contributed by atoms with Crippen LogP contribution in [0.1, 0.15) is 31.7 Å². The van der Waals surface area contributed by atoms with Crippen molar-refractivity contribution >= 4 is 5.97 Å². The summed E-state index contributed by atoms with van der Waals surface area (Å²) in [6, 6.07) is 7.53. The van der Waals surface area contributed by atoms with Crippen LogP contribution in [0.15, 0.2) is 24.3 Å². The van der Waals surface area contributed by atoms with Crippen LogP contribution in [0.3, 0.4) is 0 Å². The van der Waals surface area contributed by atoms with Crippen molar-refractivity contribution < 1.29 is 19.4 Å². The normalized spacial score (nSPS) is 22.4. The molecule has 0 bridgehead atoms. The quantitative estimate of drug-likeness (QED) is 0.898. The zero-order chi connectivity index (χ0) is 14.2. The third-order valence-corrected chi connectivity index (χ3v) is 4.51. The molecule has 1 aromatic rings. The second-order valence-electron chi connectivity index (χ2n) is 6.36. The van der Waals surface area contributed by atoms with E-state index in [4.69, 9.17) is 9.47 Å². The van der Waals surface area contributed by atoms with Crippen LogP contribution in [0.5, 0.6) is 5.75 Å². The predicted octanol–water partition coefficient (Wildman–Crippen LogP) is 2.61. The minimum Gasteiger partial charge on any atom is -0.493 e. The first-order valence-electron chi connectivity index (χ1n) is 7.09. The van der Waals surface area contributed by atoms with E-state index >= 15 is 0 Å². The van der Waals surface area contributed by atoms with Crippen molar-refractivity contribution in [2.45, 2.75) is 31.6 Å². The number of ether oxygens (including phenoxy) is 2. The lowest BCUT2D eigenvalue weighted by molar-refractivity contribution is -0.147. The van der Waals surface area contributed by atoms with E-state index in [-0.39, 0.29) is 5.41 Å². The number of carboxylic acids is 1. The monoisotopic (exact) mass is 276 g/mol. The van der Waals surface area contributed by atoms with Crippen LogP contribution >= 0.6 is 0 Å². The molecule has 1 N–H and O–H groups in total. The first kappa shape index (κ1) is 13.4. The number of rotatable bonds is 5. The maximum absolute atomic E-state index is 11.4. The van der Waals surface area contributed by atoms with Gasteiger partial charge in [0.1, 0.15) is 5.75 Å². The van der Waals surface area contributed by atoms with Crippen LogP contribution in [0.2, 0.25) is 0 Å². The van der Waals surface area contributed by atoms with E-state index in [2.05, 4.69) is 6.92 Å². The van der Waals surface area contributed by atoms with Gasteiger partial charge in [-0.15, -0.1) is 0 Å². The van der Waals surface area contributed by atoms with Gasteiger partial charge in [0, 0.05) is 5.41 Å². The summed E-state index contributed by atoms with van der Waals surface area (Å²) in [5, 5.41) is 9.41. The van der Waals surface area contributed by atoms with Crippen molar-refractivity contribution in [1.29, 1.82) is 0 Å². The molecule has 2 aliphatic rings. The fourth-order valence-corrected chi connectivity index (χ4v) is 2.82. The van der Waals surface area contributed by atoms with Crippen molar-refractivity contribution in [3.05, 3.63) is 29.8 Å².